The molecule has 4 aliphatic carbocycles. The average molecular weight is 495 g/mol. The molecule has 0 radical (unpaired) electrons. The van der Waals surface area contributed by atoms with E-state index in [0.29, 0.717) is 36.2 Å². The fraction of sp³-hybridized carbons (Fsp3) is 0.594. The minimum atomic E-state index is -0.475. The quantitative estimate of drug-likeness (QED) is 0.429. The molecule has 1 N–H and O–H groups in total. The van der Waals surface area contributed by atoms with Gasteiger partial charge in [-0.05, 0) is 96.6 Å². The van der Waals surface area contributed by atoms with Crippen LogP contribution < -0.4 is 0 Å². The predicted octanol–water partition coefficient (Wildman–Crippen LogP) is 7.62. The molecule has 2 fully saturated rings. The van der Waals surface area contributed by atoms with E-state index in [-0.39, 0.29) is 34.7 Å². The van der Waals surface area contributed by atoms with Crippen molar-refractivity contribution >= 4 is 5.78 Å². The molecule has 0 amide bonds. The van der Waals surface area contributed by atoms with Crippen LogP contribution in [-0.2, 0) is 4.79 Å². The molecule has 5 atom stereocenters. The summed E-state index contributed by atoms with van der Waals surface area (Å²) >= 11 is 0. The Bertz CT molecular complexity index is 1110. The molecule has 5 unspecified atom stereocenters. The summed E-state index contributed by atoms with van der Waals surface area (Å²) in [6, 6.07) is 3.06. The summed E-state index contributed by atoms with van der Waals surface area (Å²) in [6.07, 6.45) is 11.9. The van der Waals surface area contributed by atoms with Crippen LogP contribution in [0.5, 0.6) is 0 Å². The first-order valence-corrected chi connectivity index (χ1v) is 13.6. The lowest BCUT2D eigenvalue weighted by Crippen LogP contribution is -2.45. The van der Waals surface area contributed by atoms with E-state index in [1.54, 1.807) is 19.9 Å². The van der Waals surface area contributed by atoms with Gasteiger partial charge in [0.15, 0.2) is 5.78 Å². The lowest BCUT2D eigenvalue weighted by atomic mass is 9.53. The van der Waals surface area contributed by atoms with Crippen LogP contribution in [0.15, 0.2) is 34.9 Å². The minimum absolute atomic E-state index is 0.115. The van der Waals surface area contributed by atoms with Gasteiger partial charge in [0.05, 0.1) is 6.10 Å². The van der Waals surface area contributed by atoms with Gasteiger partial charge in [-0.1, -0.05) is 40.2 Å². The first-order valence-electron chi connectivity index (χ1n) is 13.6. The number of terminal acetylenes is 1. The van der Waals surface area contributed by atoms with E-state index in [2.05, 4.69) is 12.8 Å². The fourth-order valence-electron chi connectivity index (χ4n) is 7.29. The molecule has 4 heteroatoms. The van der Waals surface area contributed by atoms with Crippen molar-refractivity contribution in [3.8, 4) is 12.3 Å². The Hall–Kier alpha value is -2.25. The number of fused-ring (bicyclic) bond motifs is 4. The Morgan fingerprint density at radius 2 is 1.69 bits per heavy atom. The Balaban J connectivity index is 0.000000556. The van der Waals surface area contributed by atoms with Crippen LogP contribution in [-0.4, -0.2) is 17.0 Å². The number of carbonyl (C=O) groups excluding carboxylic acids is 1. The summed E-state index contributed by atoms with van der Waals surface area (Å²) in [5, 5.41) is 10.9. The van der Waals surface area contributed by atoms with Gasteiger partial charge in [-0.3, -0.25) is 4.79 Å². The number of carbonyl (C=O) groups is 1. The van der Waals surface area contributed by atoms with Gasteiger partial charge in [-0.25, -0.2) is 8.78 Å². The van der Waals surface area contributed by atoms with E-state index in [9.17, 15) is 9.90 Å². The van der Waals surface area contributed by atoms with Crippen molar-refractivity contribution in [3.05, 3.63) is 57.7 Å². The van der Waals surface area contributed by atoms with E-state index in [4.69, 9.17) is 6.42 Å². The van der Waals surface area contributed by atoms with Crippen molar-refractivity contribution in [1.82, 2.24) is 0 Å². The van der Waals surface area contributed by atoms with Crippen LogP contribution in [0.1, 0.15) is 103 Å². The van der Waals surface area contributed by atoms with Crippen LogP contribution in [0.4, 0.5) is 8.78 Å². The first kappa shape index (κ1) is 26.8. The molecule has 2 saturated carbocycles. The van der Waals surface area contributed by atoms with Gasteiger partial charge >= 0.3 is 0 Å². The molecule has 1 aromatic rings. The third kappa shape index (κ3) is 4.72. The van der Waals surface area contributed by atoms with Gasteiger partial charge < -0.3 is 5.11 Å². The zero-order chi connectivity index (χ0) is 26.4. The maximum Gasteiger partial charge on any atom is 0.156 e. The summed E-state index contributed by atoms with van der Waals surface area (Å²) in [5.41, 5.74) is 4.29. The Morgan fingerprint density at radius 3 is 2.28 bits per heavy atom. The van der Waals surface area contributed by atoms with Gasteiger partial charge in [0.1, 0.15) is 11.6 Å². The second-order valence-corrected chi connectivity index (χ2v) is 12.1. The molecule has 0 aromatic heterocycles. The summed E-state index contributed by atoms with van der Waals surface area (Å²) in [4.78, 5) is 12.1. The molecule has 1 aromatic carbocycles. The van der Waals surface area contributed by atoms with Crippen LogP contribution in [0, 0.1) is 47.1 Å². The molecule has 0 heterocycles. The number of ketones is 1. The Labute approximate surface area is 215 Å². The smallest absolute Gasteiger partial charge is 0.156 e. The van der Waals surface area contributed by atoms with Crippen molar-refractivity contribution in [2.24, 2.45) is 23.2 Å². The maximum absolute atomic E-state index is 15.0. The third-order valence-electron chi connectivity index (χ3n) is 9.10. The zero-order valence-corrected chi connectivity index (χ0v) is 22.3. The monoisotopic (exact) mass is 494 g/mol. The van der Waals surface area contributed by atoms with Crippen LogP contribution in [0.3, 0.4) is 0 Å². The van der Waals surface area contributed by atoms with E-state index in [1.807, 2.05) is 13.8 Å². The summed E-state index contributed by atoms with van der Waals surface area (Å²) in [6.45, 7) is 9.76. The normalized spacial score (nSPS) is 31.2. The SMILES string of the molecule is C#CC(C)C.CC(C)c1c(F)cc(C2CC3(C)C(O)CCC3C3CCC4=CC(=O)CCC4=C23)cc1F. The standard InChI is InChI=1S/C27H32F2O2.C5H8/c1-14(2)25-22(28)11-16(12-23(25)29)20-13-27(3)21(8-9-24(27)31)19-6-4-15-10-17(30)5-7-18(15)26(19)20;1-4-5(2)3/h10-12,14,19-21,24,31H,4-9,13H2,1-3H3;1,5H,2-3H3. The molecular weight excluding hydrogens is 454 g/mol. The molecule has 194 valence electrons. The summed E-state index contributed by atoms with van der Waals surface area (Å²) in [7, 11) is 0. The molecule has 36 heavy (non-hydrogen) atoms. The van der Waals surface area contributed by atoms with E-state index >= 15 is 8.78 Å². The van der Waals surface area contributed by atoms with Gasteiger partial charge in [0.25, 0.3) is 0 Å². The summed E-state index contributed by atoms with van der Waals surface area (Å²) in [5.74, 6) is 2.55. The molecule has 0 spiro atoms. The third-order valence-corrected chi connectivity index (χ3v) is 9.10. The van der Waals surface area contributed by atoms with Gasteiger partial charge in [0, 0.05) is 23.8 Å². The number of allylic oxidation sites excluding steroid dienone is 4. The van der Waals surface area contributed by atoms with Crippen molar-refractivity contribution in [3.63, 3.8) is 0 Å². The van der Waals surface area contributed by atoms with Crippen LogP contribution >= 0.6 is 0 Å². The predicted molar refractivity (Wildman–Crippen MR) is 140 cm³/mol. The number of aliphatic hydroxyl groups excluding tert-OH is 1. The molecule has 0 aliphatic heterocycles. The molecule has 0 bridgehead atoms. The number of hydrogen-bond acceptors (Lipinski definition) is 2. The largest absolute Gasteiger partial charge is 0.393 e. The van der Waals surface area contributed by atoms with Crippen molar-refractivity contribution in [2.75, 3.05) is 0 Å². The topological polar surface area (TPSA) is 37.3 Å². The number of hydrogen-bond donors (Lipinski definition) is 1. The fourth-order valence-corrected chi connectivity index (χ4v) is 7.29. The number of halogens is 2. The lowest BCUT2D eigenvalue weighted by molar-refractivity contribution is -0.114. The van der Waals surface area contributed by atoms with Crippen molar-refractivity contribution in [2.45, 2.75) is 97.5 Å². The maximum atomic E-state index is 15.0. The highest BCUT2D eigenvalue weighted by molar-refractivity contribution is 5.93. The zero-order valence-electron chi connectivity index (χ0n) is 22.3. The highest BCUT2D eigenvalue weighted by atomic mass is 19.1. The Morgan fingerprint density at radius 1 is 1.06 bits per heavy atom. The van der Waals surface area contributed by atoms with E-state index in [1.165, 1.54) is 23.3 Å². The van der Waals surface area contributed by atoms with Gasteiger partial charge in [-0.15, -0.1) is 12.3 Å². The van der Waals surface area contributed by atoms with Crippen LogP contribution in [0.25, 0.3) is 0 Å². The van der Waals surface area contributed by atoms with Gasteiger partial charge in [-0.2, -0.15) is 0 Å². The summed E-state index contributed by atoms with van der Waals surface area (Å²) < 4.78 is 30.0. The van der Waals surface area contributed by atoms with Gasteiger partial charge in [0.2, 0.25) is 0 Å². The second-order valence-electron chi connectivity index (χ2n) is 12.1. The van der Waals surface area contributed by atoms with E-state index < -0.39 is 11.6 Å². The Kier molecular flexibility index (Phi) is 7.63. The number of rotatable bonds is 2. The van der Waals surface area contributed by atoms with Crippen molar-refractivity contribution in [1.29, 1.82) is 0 Å². The lowest BCUT2D eigenvalue weighted by Gasteiger charge is -2.52. The van der Waals surface area contributed by atoms with E-state index in [0.717, 1.165) is 37.7 Å². The molecule has 2 nitrogen and oxygen atoms in total. The molecule has 5 rings (SSSR count). The number of benzene rings is 1. The minimum Gasteiger partial charge on any atom is -0.393 e. The highest BCUT2D eigenvalue weighted by Gasteiger charge is 2.56. The average Bonchev–Trinajstić information content (AvgIpc) is 3.11. The molecular formula is C32H40F2O2. The second kappa shape index (κ2) is 10.3. The number of aliphatic hydroxyl groups is 1. The van der Waals surface area contributed by atoms with Crippen molar-refractivity contribution < 1.29 is 18.7 Å². The van der Waals surface area contributed by atoms with Crippen LogP contribution in [0.2, 0.25) is 0 Å². The molecule has 4 aliphatic rings. The first-order chi connectivity index (χ1) is 17.0. The molecule has 0 saturated heterocycles. The highest BCUT2D eigenvalue weighted by Crippen LogP contribution is 2.63.